The molecule has 2 heterocycles. The number of carbonyl (C=O) groups is 1. The zero-order chi connectivity index (χ0) is 21.6. The maximum Gasteiger partial charge on any atom is 0.227 e. The molecule has 0 radical (unpaired) electrons. The van der Waals surface area contributed by atoms with Crippen molar-refractivity contribution in [3.8, 4) is 5.75 Å². The fourth-order valence-corrected chi connectivity index (χ4v) is 4.54. The highest BCUT2D eigenvalue weighted by atomic mass is 16.5. The summed E-state index contributed by atoms with van der Waals surface area (Å²) in [5, 5.41) is 3.10. The van der Waals surface area contributed by atoms with E-state index in [1.165, 1.54) is 11.1 Å². The van der Waals surface area contributed by atoms with Gasteiger partial charge in [-0.1, -0.05) is 24.3 Å². The molecule has 2 saturated heterocycles. The van der Waals surface area contributed by atoms with E-state index in [2.05, 4.69) is 53.4 Å². The first-order chi connectivity index (χ1) is 15.1. The van der Waals surface area contributed by atoms with Crippen LogP contribution >= 0.6 is 0 Å². The molecule has 4 rings (SSSR count). The molecule has 2 aromatic carbocycles. The number of anilines is 1. The van der Waals surface area contributed by atoms with Crippen molar-refractivity contribution in [2.24, 2.45) is 5.92 Å². The summed E-state index contributed by atoms with van der Waals surface area (Å²) < 4.78 is 6.10. The first kappa shape index (κ1) is 21.8. The highest BCUT2D eigenvalue weighted by Crippen LogP contribution is 2.24. The van der Waals surface area contributed by atoms with Gasteiger partial charge in [0, 0.05) is 31.2 Å². The van der Waals surface area contributed by atoms with Gasteiger partial charge in [-0.2, -0.15) is 0 Å². The van der Waals surface area contributed by atoms with Gasteiger partial charge in [0.1, 0.15) is 11.9 Å². The minimum Gasteiger partial charge on any atom is -0.490 e. The van der Waals surface area contributed by atoms with Crippen LogP contribution in [0.15, 0.2) is 48.5 Å². The first-order valence-electron chi connectivity index (χ1n) is 11.6. The smallest absolute Gasteiger partial charge is 0.227 e. The summed E-state index contributed by atoms with van der Waals surface area (Å²) in [6.07, 6.45) is 4.25. The van der Waals surface area contributed by atoms with Crippen LogP contribution in [0.25, 0.3) is 0 Å². The number of amides is 1. The first-order valence-corrected chi connectivity index (χ1v) is 11.6. The van der Waals surface area contributed by atoms with E-state index in [4.69, 9.17) is 4.74 Å². The molecule has 1 amide bonds. The lowest BCUT2D eigenvalue weighted by atomic mass is 9.95. The summed E-state index contributed by atoms with van der Waals surface area (Å²) >= 11 is 0. The topological polar surface area (TPSA) is 44.8 Å². The molecule has 0 atom stereocenters. The SMILES string of the molecule is Cc1ccccc1CN1CCC(C(=O)Nc2ccc(OC3CCN(C)CC3)cc2)CC1. The van der Waals surface area contributed by atoms with E-state index in [-0.39, 0.29) is 11.8 Å². The Morgan fingerprint density at radius 3 is 2.32 bits per heavy atom. The van der Waals surface area contributed by atoms with Gasteiger partial charge in [0.15, 0.2) is 0 Å². The minimum absolute atomic E-state index is 0.0864. The molecule has 0 spiro atoms. The van der Waals surface area contributed by atoms with Crippen LogP contribution in [0.4, 0.5) is 5.69 Å². The summed E-state index contributed by atoms with van der Waals surface area (Å²) in [4.78, 5) is 17.6. The van der Waals surface area contributed by atoms with Crippen molar-refractivity contribution in [3.05, 3.63) is 59.7 Å². The second-order valence-electron chi connectivity index (χ2n) is 9.11. The molecule has 0 unspecified atom stereocenters. The van der Waals surface area contributed by atoms with E-state index in [0.717, 1.165) is 69.8 Å². The Morgan fingerprint density at radius 2 is 1.65 bits per heavy atom. The van der Waals surface area contributed by atoms with Gasteiger partial charge in [-0.15, -0.1) is 0 Å². The van der Waals surface area contributed by atoms with E-state index in [9.17, 15) is 4.79 Å². The van der Waals surface area contributed by atoms with E-state index < -0.39 is 0 Å². The third-order valence-electron chi connectivity index (χ3n) is 6.70. The maximum absolute atomic E-state index is 12.8. The number of rotatable bonds is 6. The molecule has 0 aromatic heterocycles. The van der Waals surface area contributed by atoms with E-state index in [0.29, 0.717) is 6.10 Å². The van der Waals surface area contributed by atoms with Crippen molar-refractivity contribution in [2.45, 2.75) is 45.3 Å². The van der Waals surface area contributed by atoms with Gasteiger partial charge in [-0.25, -0.2) is 0 Å². The zero-order valence-corrected chi connectivity index (χ0v) is 18.8. The van der Waals surface area contributed by atoms with Gasteiger partial charge in [-0.05, 0) is 88.1 Å². The quantitative estimate of drug-likeness (QED) is 0.755. The molecule has 1 N–H and O–H groups in total. The summed E-state index contributed by atoms with van der Waals surface area (Å²) in [5.74, 6) is 1.11. The van der Waals surface area contributed by atoms with Gasteiger partial charge < -0.3 is 15.0 Å². The van der Waals surface area contributed by atoms with Crippen LogP contribution in [0.5, 0.6) is 5.75 Å². The molecule has 31 heavy (non-hydrogen) atoms. The zero-order valence-electron chi connectivity index (χ0n) is 18.8. The Kier molecular flexibility index (Phi) is 7.25. The highest BCUT2D eigenvalue weighted by Gasteiger charge is 2.25. The molecule has 2 aromatic rings. The molecule has 2 fully saturated rings. The Bertz CT molecular complexity index is 851. The van der Waals surface area contributed by atoms with Crippen molar-refractivity contribution in [1.82, 2.24) is 9.80 Å². The van der Waals surface area contributed by atoms with Crippen LogP contribution in [-0.2, 0) is 11.3 Å². The third kappa shape index (κ3) is 6.08. The predicted molar refractivity (Wildman–Crippen MR) is 125 cm³/mol. The van der Waals surface area contributed by atoms with Crippen LogP contribution < -0.4 is 10.1 Å². The molecule has 2 aliphatic heterocycles. The average Bonchev–Trinajstić information content (AvgIpc) is 2.79. The Labute approximate surface area is 186 Å². The van der Waals surface area contributed by atoms with E-state index in [1.54, 1.807) is 0 Å². The summed E-state index contributed by atoms with van der Waals surface area (Å²) in [5.41, 5.74) is 3.57. The molecule has 2 aliphatic rings. The fraction of sp³-hybridized carbons (Fsp3) is 0.500. The molecule has 5 nitrogen and oxygen atoms in total. The lowest BCUT2D eigenvalue weighted by Crippen LogP contribution is -2.37. The van der Waals surface area contributed by atoms with Gasteiger partial charge in [0.05, 0.1) is 0 Å². The van der Waals surface area contributed by atoms with Crippen molar-refractivity contribution >= 4 is 11.6 Å². The fourth-order valence-electron chi connectivity index (χ4n) is 4.54. The summed E-state index contributed by atoms with van der Waals surface area (Å²) in [7, 11) is 2.15. The maximum atomic E-state index is 12.8. The number of carbonyl (C=O) groups excluding carboxylic acids is 1. The van der Waals surface area contributed by atoms with Crippen LogP contribution in [0, 0.1) is 12.8 Å². The highest BCUT2D eigenvalue weighted by molar-refractivity contribution is 5.92. The summed E-state index contributed by atoms with van der Waals surface area (Å²) in [6.45, 7) is 7.25. The Balaban J connectivity index is 1.22. The van der Waals surface area contributed by atoms with Crippen LogP contribution in [0.3, 0.4) is 0 Å². The average molecular weight is 422 g/mol. The Hall–Kier alpha value is -2.37. The van der Waals surface area contributed by atoms with Crippen LogP contribution in [0.2, 0.25) is 0 Å². The standard InChI is InChI=1S/C26H35N3O2/c1-20-5-3-4-6-22(20)19-29-17-11-21(12-18-29)26(30)27-23-7-9-24(10-8-23)31-25-13-15-28(2)16-14-25/h3-10,21,25H,11-19H2,1-2H3,(H,27,30). The number of aryl methyl sites for hydroxylation is 1. The molecule has 5 heteroatoms. The van der Waals surface area contributed by atoms with Gasteiger partial charge in [0.25, 0.3) is 0 Å². The molecule has 0 aliphatic carbocycles. The Morgan fingerprint density at radius 1 is 0.968 bits per heavy atom. The number of piperidine rings is 2. The number of benzene rings is 2. The normalized spacial score (nSPS) is 19.3. The number of hydrogen-bond acceptors (Lipinski definition) is 4. The molecular weight excluding hydrogens is 386 g/mol. The second-order valence-corrected chi connectivity index (χ2v) is 9.11. The lowest BCUT2D eigenvalue weighted by Gasteiger charge is -2.31. The van der Waals surface area contributed by atoms with Crippen molar-refractivity contribution < 1.29 is 9.53 Å². The molecule has 0 saturated carbocycles. The molecule has 0 bridgehead atoms. The van der Waals surface area contributed by atoms with Gasteiger partial charge >= 0.3 is 0 Å². The van der Waals surface area contributed by atoms with Crippen molar-refractivity contribution in [2.75, 3.05) is 38.5 Å². The van der Waals surface area contributed by atoms with Crippen molar-refractivity contribution in [1.29, 1.82) is 0 Å². The van der Waals surface area contributed by atoms with E-state index >= 15 is 0 Å². The van der Waals surface area contributed by atoms with Crippen molar-refractivity contribution in [3.63, 3.8) is 0 Å². The molecule has 166 valence electrons. The number of hydrogen-bond donors (Lipinski definition) is 1. The minimum atomic E-state index is 0.0864. The monoisotopic (exact) mass is 421 g/mol. The van der Waals surface area contributed by atoms with Crippen LogP contribution in [0.1, 0.15) is 36.8 Å². The third-order valence-corrected chi connectivity index (χ3v) is 6.70. The molecular formula is C26H35N3O2. The second kappa shape index (κ2) is 10.3. The number of nitrogens with one attached hydrogen (secondary N) is 1. The summed E-state index contributed by atoms with van der Waals surface area (Å²) in [6, 6.07) is 16.4. The number of ether oxygens (including phenoxy) is 1. The van der Waals surface area contributed by atoms with Gasteiger partial charge in [-0.3, -0.25) is 9.69 Å². The van der Waals surface area contributed by atoms with Crippen LogP contribution in [-0.4, -0.2) is 55.0 Å². The number of likely N-dealkylation sites (tertiary alicyclic amines) is 2. The van der Waals surface area contributed by atoms with E-state index in [1.807, 2.05) is 24.3 Å². The lowest BCUT2D eigenvalue weighted by molar-refractivity contribution is -0.121. The predicted octanol–water partition coefficient (Wildman–Crippen LogP) is 4.32. The number of nitrogens with zero attached hydrogens (tertiary/aromatic N) is 2. The largest absolute Gasteiger partial charge is 0.490 e. The van der Waals surface area contributed by atoms with Gasteiger partial charge in [0.2, 0.25) is 5.91 Å².